The van der Waals surface area contributed by atoms with Crippen LogP contribution in [0.4, 0.5) is 4.39 Å². The van der Waals surface area contributed by atoms with Crippen molar-refractivity contribution in [2.45, 2.75) is 6.42 Å². The minimum Gasteiger partial charge on any atom is -0.411 e. The first-order valence-electron chi connectivity index (χ1n) is 5.91. The van der Waals surface area contributed by atoms with Gasteiger partial charge in [-0.3, -0.25) is 0 Å². The lowest BCUT2D eigenvalue weighted by atomic mass is 9.98. The van der Waals surface area contributed by atoms with Crippen LogP contribution in [-0.4, -0.2) is 10.9 Å². The van der Waals surface area contributed by atoms with Gasteiger partial charge in [0.25, 0.3) is 0 Å². The molecule has 0 fully saturated rings. The van der Waals surface area contributed by atoms with Crippen molar-refractivity contribution < 1.29 is 9.60 Å². The molecule has 1 N–H and O–H groups in total. The Hall–Kier alpha value is -2.42. The zero-order valence-corrected chi connectivity index (χ0v) is 10.4. The molecule has 0 saturated heterocycles. The predicted octanol–water partition coefficient (Wildman–Crippen LogP) is 4.11. The molecule has 2 rings (SSSR count). The van der Waals surface area contributed by atoms with E-state index in [-0.39, 0.29) is 5.82 Å². The fourth-order valence-corrected chi connectivity index (χ4v) is 1.84. The summed E-state index contributed by atoms with van der Waals surface area (Å²) in [6.07, 6.45) is 0.365. The summed E-state index contributed by atoms with van der Waals surface area (Å²) in [4.78, 5) is 0. The molecule has 0 spiro atoms. The first-order chi connectivity index (χ1) is 9.20. The largest absolute Gasteiger partial charge is 0.411 e. The topological polar surface area (TPSA) is 32.6 Å². The fourth-order valence-electron chi connectivity index (χ4n) is 1.84. The second-order valence-corrected chi connectivity index (χ2v) is 4.20. The number of halogens is 1. The third kappa shape index (κ3) is 3.28. The van der Waals surface area contributed by atoms with Crippen molar-refractivity contribution >= 4 is 11.3 Å². The number of nitrogens with zero attached hydrogens (tertiary/aromatic N) is 1. The minimum absolute atomic E-state index is 0.357. The molecule has 0 bridgehead atoms. The SMILES string of the molecule is C=C(C/C(=N/O)c1cccc(F)c1)c1ccccc1. The van der Waals surface area contributed by atoms with Gasteiger partial charge in [0, 0.05) is 12.0 Å². The molecule has 0 aliphatic carbocycles. The highest BCUT2D eigenvalue weighted by Gasteiger charge is 2.08. The van der Waals surface area contributed by atoms with Crippen molar-refractivity contribution in [3.05, 3.63) is 78.1 Å². The summed E-state index contributed by atoms with van der Waals surface area (Å²) < 4.78 is 13.2. The molecule has 2 aromatic carbocycles. The smallest absolute Gasteiger partial charge is 0.123 e. The van der Waals surface area contributed by atoms with E-state index in [9.17, 15) is 4.39 Å². The lowest BCUT2D eigenvalue weighted by Crippen LogP contribution is -2.02. The maximum Gasteiger partial charge on any atom is 0.123 e. The van der Waals surface area contributed by atoms with Gasteiger partial charge in [-0.05, 0) is 23.3 Å². The van der Waals surface area contributed by atoms with E-state index < -0.39 is 0 Å². The van der Waals surface area contributed by atoms with Crippen LogP contribution in [0.25, 0.3) is 5.57 Å². The first kappa shape index (κ1) is 13.0. The summed E-state index contributed by atoms with van der Waals surface area (Å²) in [5.41, 5.74) is 2.74. The summed E-state index contributed by atoms with van der Waals surface area (Å²) in [6.45, 7) is 3.97. The van der Waals surface area contributed by atoms with E-state index in [2.05, 4.69) is 11.7 Å². The predicted molar refractivity (Wildman–Crippen MR) is 74.8 cm³/mol. The molecule has 2 nitrogen and oxygen atoms in total. The van der Waals surface area contributed by atoms with Crippen LogP contribution in [0.15, 0.2) is 66.3 Å². The summed E-state index contributed by atoms with van der Waals surface area (Å²) in [6, 6.07) is 15.6. The Labute approximate surface area is 111 Å². The molecule has 0 amide bonds. The number of hydrogen-bond acceptors (Lipinski definition) is 2. The number of rotatable bonds is 4. The van der Waals surface area contributed by atoms with E-state index >= 15 is 0 Å². The molecule has 0 atom stereocenters. The fraction of sp³-hybridized carbons (Fsp3) is 0.0625. The molecule has 0 aliphatic heterocycles. The summed E-state index contributed by atoms with van der Waals surface area (Å²) >= 11 is 0. The van der Waals surface area contributed by atoms with Gasteiger partial charge in [-0.2, -0.15) is 0 Å². The van der Waals surface area contributed by atoms with Crippen molar-refractivity contribution in [1.82, 2.24) is 0 Å². The minimum atomic E-state index is -0.357. The average Bonchev–Trinajstić information content (AvgIpc) is 2.45. The van der Waals surface area contributed by atoms with Crippen LogP contribution in [0.5, 0.6) is 0 Å². The van der Waals surface area contributed by atoms with E-state index in [1.165, 1.54) is 12.1 Å². The second kappa shape index (κ2) is 5.96. The molecular weight excluding hydrogens is 241 g/mol. The quantitative estimate of drug-likeness (QED) is 0.498. The van der Waals surface area contributed by atoms with Gasteiger partial charge in [0.05, 0.1) is 5.71 Å². The van der Waals surface area contributed by atoms with Gasteiger partial charge in [0.2, 0.25) is 0 Å². The van der Waals surface area contributed by atoms with Gasteiger partial charge in [0.15, 0.2) is 0 Å². The van der Waals surface area contributed by atoms with Gasteiger partial charge in [-0.1, -0.05) is 54.2 Å². The summed E-state index contributed by atoms with van der Waals surface area (Å²) in [5.74, 6) is -0.357. The van der Waals surface area contributed by atoms with Crippen molar-refractivity contribution in [2.75, 3.05) is 0 Å². The molecule has 0 aromatic heterocycles. The average molecular weight is 255 g/mol. The number of allylic oxidation sites excluding steroid dienone is 1. The van der Waals surface area contributed by atoms with E-state index in [1.54, 1.807) is 12.1 Å². The molecule has 0 radical (unpaired) electrons. The molecule has 96 valence electrons. The Bertz CT molecular complexity index is 605. The lowest BCUT2D eigenvalue weighted by Gasteiger charge is -2.08. The Morgan fingerprint density at radius 1 is 1.05 bits per heavy atom. The lowest BCUT2D eigenvalue weighted by molar-refractivity contribution is 0.318. The van der Waals surface area contributed by atoms with E-state index in [1.807, 2.05) is 30.3 Å². The standard InChI is InChI=1S/C16H14FNO/c1-12(13-6-3-2-4-7-13)10-16(18-19)14-8-5-9-15(17)11-14/h2-9,11,19H,1,10H2/b18-16-. The van der Waals surface area contributed by atoms with Gasteiger partial charge in [0.1, 0.15) is 5.82 Å². The zero-order chi connectivity index (χ0) is 13.7. The molecule has 0 saturated carbocycles. The van der Waals surface area contributed by atoms with E-state index in [0.717, 1.165) is 11.1 Å². The van der Waals surface area contributed by atoms with Crippen LogP contribution in [0, 0.1) is 5.82 Å². The van der Waals surface area contributed by atoms with E-state index in [4.69, 9.17) is 5.21 Å². The normalized spacial score (nSPS) is 11.3. The Morgan fingerprint density at radius 3 is 2.37 bits per heavy atom. The van der Waals surface area contributed by atoms with Crippen molar-refractivity contribution in [3.63, 3.8) is 0 Å². The maximum absolute atomic E-state index is 13.2. The van der Waals surface area contributed by atoms with Crippen LogP contribution < -0.4 is 0 Å². The molecule has 19 heavy (non-hydrogen) atoms. The van der Waals surface area contributed by atoms with Crippen LogP contribution in [0.2, 0.25) is 0 Å². The van der Waals surface area contributed by atoms with Crippen LogP contribution >= 0.6 is 0 Å². The molecule has 3 heteroatoms. The highest BCUT2D eigenvalue weighted by molar-refractivity contribution is 6.05. The van der Waals surface area contributed by atoms with Crippen molar-refractivity contribution in [3.8, 4) is 0 Å². The number of hydrogen-bond donors (Lipinski definition) is 1. The maximum atomic E-state index is 13.2. The van der Waals surface area contributed by atoms with Gasteiger partial charge in [-0.15, -0.1) is 0 Å². The Balaban J connectivity index is 2.19. The Morgan fingerprint density at radius 2 is 1.74 bits per heavy atom. The van der Waals surface area contributed by atoms with E-state index in [0.29, 0.717) is 17.7 Å². The van der Waals surface area contributed by atoms with Crippen molar-refractivity contribution in [1.29, 1.82) is 0 Å². The summed E-state index contributed by atoms with van der Waals surface area (Å²) in [5, 5.41) is 12.3. The third-order valence-electron chi connectivity index (χ3n) is 2.84. The second-order valence-electron chi connectivity index (χ2n) is 4.20. The molecule has 2 aromatic rings. The molecule has 0 aliphatic rings. The van der Waals surface area contributed by atoms with Crippen LogP contribution in [0.3, 0.4) is 0 Å². The van der Waals surface area contributed by atoms with Gasteiger partial charge in [-0.25, -0.2) is 4.39 Å². The Kier molecular flexibility index (Phi) is 4.08. The number of benzene rings is 2. The monoisotopic (exact) mass is 255 g/mol. The van der Waals surface area contributed by atoms with Gasteiger partial charge < -0.3 is 5.21 Å². The van der Waals surface area contributed by atoms with Crippen LogP contribution in [0.1, 0.15) is 17.5 Å². The van der Waals surface area contributed by atoms with Crippen molar-refractivity contribution in [2.24, 2.45) is 5.16 Å². The molecular formula is C16H14FNO. The molecule has 0 heterocycles. The zero-order valence-electron chi connectivity index (χ0n) is 10.4. The highest BCUT2D eigenvalue weighted by Crippen LogP contribution is 2.19. The molecule has 0 unspecified atom stereocenters. The number of oxime groups is 1. The van der Waals surface area contributed by atoms with Crippen LogP contribution in [-0.2, 0) is 0 Å². The first-order valence-corrected chi connectivity index (χ1v) is 5.91. The summed E-state index contributed by atoms with van der Waals surface area (Å²) in [7, 11) is 0. The third-order valence-corrected chi connectivity index (χ3v) is 2.84. The highest BCUT2D eigenvalue weighted by atomic mass is 19.1. The van der Waals surface area contributed by atoms with Gasteiger partial charge >= 0.3 is 0 Å².